The van der Waals surface area contributed by atoms with Crippen LogP contribution in [0.3, 0.4) is 0 Å². The number of amides is 1. The van der Waals surface area contributed by atoms with Crippen molar-refractivity contribution in [2.75, 3.05) is 13.6 Å². The highest BCUT2D eigenvalue weighted by atomic mass is 16.2. The van der Waals surface area contributed by atoms with Gasteiger partial charge in [-0.25, -0.2) is 0 Å². The Balaban J connectivity index is 0.000000371. The van der Waals surface area contributed by atoms with Gasteiger partial charge in [-0.15, -0.1) is 0 Å². The zero-order chi connectivity index (χ0) is 8.15. The molecule has 0 aromatic rings. The second-order valence-corrected chi connectivity index (χ2v) is 2.58. The lowest BCUT2D eigenvalue weighted by molar-refractivity contribution is -0.126. The number of hydrogen-bond acceptors (Lipinski definition) is 2. The summed E-state index contributed by atoms with van der Waals surface area (Å²) in [5, 5.41) is 0. The van der Waals surface area contributed by atoms with Crippen LogP contribution in [0.2, 0.25) is 0 Å². The highest BCUT2D eigenvalue weighted by Gasteiger charge is 2.22. The molecule has 0 aromatic carbocycles. The first kappa shape index (κ1) is 9.14. The molecule has 10 heavy (non-hydrogen) atoms. The van der Waals surface area contributed by atoms with Gasteiger partial charge < -0.3 is 9.69 Å². The van der Waals surface area contributed by atoms with Gasteiger partial charge >= 0.3 is 0 Å². The molecule has 0 bridgehead atoms. The third kappa shape index (κ3) is 2.17. The topological polar surface area (TPSA) is 37.4 Å². The largest absolute Gasteiger partial charge is 0.345 e. The van der Waals surface area contributed by atoms with Crippen molar-refractivity contribution in [3.8, 4) is 0 Å². The maximum atomic E-state index is 10.7. The van der Waals surface area contributed by atoms with Crippen LogP contribution in [-0.2, 0) is 9.59 Å². The average Bonchev–Trinajstić information content (AvgIpc) is 2.16. The standard InChI is InChI=1S/C6H11NO.CH2O/c1-5-3-6(8)7(2)4-5;1-2/h5H,3-4H2,1-2H3;1H2. The highest BCUT2D eigenvalue weighted by molar-refractivity contribution is 5.78. The predicted molar refractivity (Wildman–Crippen MR) is 38.5 cm³/mol. The van der Waals surface area contributed by atoms with Crippen molar-refractivity contribution < 1.29 is 9.59 Å². The van der Waals surface area contributed by atoms with Crippen LogP contribution >= 0.6 is 0 Å². The fraction of sp³-hybridized carbons (Fsp3) is 0.714. The molecular formula is C7H13NO2. The summed E-state index contributed by atoms with van der Waals surface area (Å²) < 4.78 is 0. The van der Waals surface area contributed by atoms with Gasteiger partial charge in [0.1, 0.15) is 6.79 Å². The summed E-state index contributed by atoms with van der Waals surface area (Å²) in [5.41, 5.74) is 0. The minimum absolute atomic E-state index is 0.289. The van der Waals surface area contributed by atoms with Gasteiger partial charge in [-0.05, 0) is 5.92 Å². The molecule has 0 N–H and O–H groups in total. The lowest BCUT2D eigenvalue weighted by Crippen LogP contribution is -2.18. The van der Waals surface area contributed by atoms with Crippen LogP contribution in [0.5, 0.6) is 0 Å². The molecule has 1 saturated heterocycles. The van der Waals surface area contributed by atoms with Crippen LogP contribution in [0.4, 0.5) is 0 Å². The van der Waals surface area contributed by atoms with Crippen LogP contribution < -0.4 is 0 Å². The molecule has 0 aliphatic carbocycles. The van der Waals surface area contributed by atoms with E-state index >= 15 is 0 Å². The summed E-state index contributed by atoms with van der Waals surface area (Å²) in [5.74, 6) is 0.866. The summed E-state index contributed by atoms with van der Waals surface area (Å²) in [7, 11) is 1.85. The van der Waals surface area contributed by atoms with Gasteiger partial charge in [-0.3, -0.25) is 4.79 Å². The molecule has 1 amide bonds. The normalized spacial score (nSPS) is 24.0. The Morgan fingerprint density at radius 1 is 1.60 bits per heavy atom. The van der Waals surface area contributed by atoms with Gasteiger partial charge in [0.25, 0.3) is 0 Å². The molecule has 3 heteroatoms. The third-order valence-electron chi connectivity index (χ3n) is 1.53. The van der Waals surface area contributed by atoms with E-state index in [1.807, 2.05) is 13.8 Å². The third-order valence-corrected chi connectivity index (χ3v) is 1.53. The molecule has 1 aliphatic rings. The van der Waals surface area contributed by atoms with Gasteiger partial charge in [0, 0.05) is 20.0 Å². The maximum Gasteiger partial charge on any atom is 0.222 e. The molecule has 0 aromatic heterocycles. The summed E-state index contributed by atoms with van der Waals surface area (Å²) in [6, 6.07) is 0. The Labute approximate surface area is 61.0 Å². The summed E-state index contributed by atoms with van der Waals surface area (Å²) >= 11 is 0. The fourth-order valence-electron chi connectivity index (χ4n) is 1.09. The first-order valence-electron chi connectivity index (χ1n) is 3.23. The molecule has 1 aliphatic heterocycles. The molecule has 1 atom stereocenters. The van der Waals surface area contributed by atoms with Crippen molar-refractivity contribution in [1.82, 2.24) is 4.90 Å². The van der Waals surface area contributed by atoms with E-state index < -0.39 is 0 Å². The fourth-order valence-corrected chi connectivity index (χ4v) is 1.09. The molecule has 1 unspecified atom stereocenters. The SMILES string of the molecule is C=O.CC1CC(=O)N(C)C1. The van der Waals surface area contributed by atoms with E-state index in [0.29, 0.717) is 5.92 Å². The number of carbonyl (C=O) groups excluding carboxylic acids is 2. The van der Waals surface area contributed by atoms with E-state index in [9.17, 15) is 4.79 Å². The van der Waals surface area contributed by atoms with Crippen molar-refractivity contribution in [2.45, 2.75) is 13.3 Å². The van der Waals surface area contributed by atoms with Gasteiger partial charge in [0.05, 0.1) is 0 Å². The van der Waals surface area contributed by atoms with E-state index in [0.717, 1.165) is 13.0 Å². The van der Waals surface area contributed by atoms with Crippen molar-refractivity contribution in [1.29, 1.82) is 0 Å². The van der Waals surface area contributed by atoms with Crippen molar-refractivity contribution >= 4 is 12.7 Å². The van der Waals surface area contributed by atoms with Gasteiger partial charge in [-0.1, -0.05) is 6.92 Å². The molecule has 1 fully saturated rings. The summed E-state index contributed by atoms with van der Waals surface area (Å²) in [6.07, 6.45) is 0.747. The van der Waals surface area contributed by atoms with E-state index in [-0.39, 0.29) is 5.91 Å². The minimum atomic E-state index is 0.289. The quantitative estimate of drug-likeness (QED) is 0.489. The molecule has 0 radical (unpaired) electrons. The van der Waals surface area contributed by atoms with E-state index in [1.54, 1.807) is 4.90 Å². The second-order valence-electron chi connectivity index (χ2n) is 2.58. The van der Waals surface area contributed by atoms with Crippen LogP contribution in [0.15, 0.2) is 0 Å². The van der Waals surface area contributed by atoms with Crippen molar-refractivity contribution in [3.63, 3.8) is 0 Å². The van der Waals surface area contributed by atoms with Crippen molar-refractivity contribution in [3.05, 3.63) is 0 Å². The Morgan fingerprint density at radius 2 is 2.10 bits per heavy atom. The molecule has 0 spiro atoms. The number of likely N-dealkylation sites (tertiary alicyclic amines) is 1. The van der Waals surface area contributed by atoms with Crippen molar-refractivity contribution in [2.24, 2.45) is 5.92 Å². The zero-order valence-electron chi connectivity index (χ0n) is 6.46. The Hall–Kier alpha value is -0.860. The average molecular weight is 143 g/mol. The second kappa shape index (κ2) is 4.04. The van der Waals surface area contributed by atoms with E-state index in [1.165, 1.54) is 0 Å². The lowest BCUT2D eigenvalue weighted by Gasteiger charge is -2.04. The number of rotatable bonds is 0. The van der Waals surface area contributed by atoms with E-state index in [2.05, 4.69) is 6.92 Å². The summed E-state index contributed by atoms with van der Waals surface area (Å²) in [6.45, 7) is 5.04. The molecule has 0 saturated carbocycles. The molecular weight excluding hydrogens is 130 g/mol. The molecule has 1 heterocycles. The molecule has 3 nitrogen and oxygen atoms in total. The Morgan fingerprint density at radius 3 is 2.20 bits per heavy atom. The van der Waals surface area contributed by atoms with Crippen LogP contribution in [-0.4, -0.2) is 31.2 Å². The Kier molecular flexibility index (Phi) is 3.69. The van der Waals surface area contributed by atoms with Gasteiger partial charge in [-0.2, -0.15) is 0 Å². The van der Waals surface area contributed by atoms with Crippen LogP contribution in [0.1, 0.15) is 13.3 Å². The Bertz CT molecular complexity index is 125. The number of carbonyl (C=O) groups is 2. The lowest BCUT2D eigenvalue weighted by atomic mass is 10.2. The number of hydrogen-bond donors (Lipinski definition) is 0. The predicted octanol–water partition coefficient (Wildman–Crippen LogP) is 0.300. The first-order valence-corrected chi connectivity index (χ1v) is 3.23. The van der Waals surface area contributed by atoms with Gasteiger partial charge in [0.15, 0.2) is 0 Å². The maximum absolute atomic E-state index is 10.7. The van der Waals surface area contributed by atoms with Gasteiger partial charge in [0.2, 0.25) is 5.91 Å². The smallest absolute Gasteiger partial charge is 0.222 e. The minimum Gasteiger partial charge on any atom is -0.345 e. The first-order chi connectivity index (χ1) is 4.70. The zero-order valence-corrected chi connectivity index (χ0v) is 6.46. The van der Waals surface area contributed by atoms with E-state index in [4.69, 9.17) is 4.79 Å². The van der Waals surface area contributed by atoms with Crippen LogP contribution in [0, 0.1) is 5.92 Å². The monoisotopic (exact) mass is 143 g/mol. The molecule has 58 valence electrons. The molecule has 1 rings (SSSR count). The summed E-state index contributed by atoms with van der Waals surface area (Å²) in [4.78, 5) is 20.5. The highest BCUT2D eigenvalue weighted by Crippen LogP contribution is 2.13. The number of nitrogens with zero attached hydrogens (tertiary/aromatic N) is 1. The van der Waals surface area contributed by atoms with Crippen LogP contribution in [0.25, 0.3) is 0 Å².